The van der Waals surface area contributed by atoms with Gasteiger partial charge in [-0.2, -0.15) is 0 Å². The van der Waals surface area contributed by atoms with E-state index in [1.807, 2.05) is 12.1 Å². The van der Waals surface area contributed by atoms with Crippen molar-refractivity contribution >= 4 is 11.6 Å². The van der Waals surface area contributed by atoms with Crippen molar-refractivity contribution in [2.45, 2.75) is 51.1 Å². The molecule has 0 saturated carbocycles. The zero-order valence-electron chi connectivity index (χ0n) is 16.7. The molecule has 28 heavy (non-hydrogen) atoms. The van der Waals surface area contributed by atoms with Crippen molar-refractivity contribution in [2.24, 2.45) is 5.92 Å². The first kappa shape index (κ1) is 20.7. The van der Waals surface area contributed by atoms with Crippen LogP contribution in [-0.4, -0.2) is 60.0 Å². The predicted molar refractivity (Wildman–Crippen MR) is 107 cm³/mol. The number of piperidine rings is 1. The van der Waals surface area contributed by atoms with Gasteiger partial charge in [0.25, 0.3) is 5.69 Å². The molecule has 0 radical (unpaired) electrons. The van der Waals surface area contributed by atoms with Crippen molar-refractivity contribution in [1.29, 1.82) is 0 Å². The summed E-state index contributed by atoms with van der Waals surface area (Å²) in [5, 5.41) is 10.8. The minimum absolute atomic E-state index is 0.128. The summed E-state index contributed by atoms with van der Waals surface area (Å²) < 4.78 is 5.10. The molecule has 0 bridgehead atoms. The molecule has 1 amide bonds. The van der Waals surface area contributed by atoms with E-state index in [1.54, 1.807) is 19.2 Å². The number of nitro groups is 1. The van der Waals surface area contributed by atoms with E-state index in [4.69, 9.17) is 4.74 Å². The van der Waals surface area contributed by atoms with Crippen LogP contribution in [0.2, 0.25) is 0 Å². The van der Waals surface area contributed by atoms with Crippen molar-refractivity contribution in [3.8, 4) is 0 Å². The molecule has 154 valence electrons. The van der Waals surface area contributed by atoms with Crippen LogP contribution in [0, 0.1) is 16.0 Å². The molecule has 0 spiro atoms. The number of carbonyl (C=O) groups excluding carboxylic acids is 1. The molecule has 0 aromatic heterocycles. The van der Waals surface area contributed by atoms with E-state index in [2.05, 4.69) is 9.80 Å². The van der Waals surface area contributed by atoms with E-state index in [-0.39, 0.29) is 23.1 Å². The lowest BCUT2D eigenvalue weighted by Gasteiger charge is -2.40. The van der Waals surface area contributed by atoms with Gasteiger partial charge in [-0.1, -0.05) is 25.0 Å². The fourth-order valence-corrected chi connectivity index (χ4v) is 4.62. The van der Waals surface area contributed by atoms with E-state index in [0.717, 1.165) is 57.4 Å². The third kappa shape index (κ3) is 5.29. The van der Waals surface area contributed by atoms with Gasteiger partial charge in [0.2, 0.25) is 5.91 Å². The molecule has 7 nitrogen and oxygen atoms in total. The number of likely N-dealkylation sites (tertiary alicyclic amines) is 2. The molecule has 7 heteroatoms. The van der Waals surface area contributed by atoms with Crippen molar-refractivity contribution in [2.75, 3.05) is 33.4 Å². The minimum atomic E-state index is -0.362. The van der Waals surface area contributed by atoms with E-state index >= 15 is 0 Å². The summed E-state index contributed by atoms with van der Waals surface area (Å²) in [5.74, 6) is 0.676. The van der Waals surface area contributed by atoms with Crippen LogP contribution in [0.3, 0.4) is 0 Å². The first-order chi connectivity index (χ1) is 13.6. The van der Waals surface area contributed by atoms with Gasteiger partial charge in [-0.05, 0) is 50.3 Å². The zero-order valence-corrected chi connectivity index (χ0v) is 16.7. The molecule has 1 aromatic carbocycles. The van der Waals surface area contributed by atoms with E-state index < -0.39 is 0 Å². The van der Waals surface area contributed by atoms with Crippen molar-refractivity contribution in [3.63, 3.8) is 0 Å². The maximum absolute atomic E-state index is 12.5. The number of non-ortho nitro benzene ring substituents is 1. The largest absolute Gasteiger partial charge is 0.375 e. The second-order valence-electron chi connectivity index (χ2n) is 7.97. The van der Waals surface area contributed by atoms with Crippen LogP contribution in [-0.2, 0) is 16.1 Å². The van der Waals surface area contributed by atoms with Crippen molar-refractivity contribution in [3.05, 3.63) is 39.9 Å². The Labute approximate surface area is 166 Å². The number of hydrogen-bond donors (Lipinski definition) is 0. The fourth-order valence-electron chi connectivity index (χ4n) is 4.62. The molecule has 0 N–H and O–H groups in total. The summed E-state index contributed by atoms with van der Waals surface area (Å²) in [6.07, 6.45) is 6.77. The third-order valence-corrected chi connectivity index (χ3v) is 6.12. The molecule has 2 fully saturated rings. The van der Waals surface area contributed by atoms with Gasteiger partial charge in [0.15, 0.2) is 0 Å². The fraction of sp³-hybridized carbons (Fsp3) is 0.667. The second kappa shape index (κ2) is 9.98. The van der Waals surface area contributed by atoms with Crippen LogP contribution in [0.1, 0.15) is 44.1 Å². The molecule has 0 unspecified atom stereocenters. The number of amides is 1. The Morgan fingerprint density at radius 1 is 1.11 bits per heavy atom. The van der Waals surface area contributed by atoms with Gasteiger partial charge in [-0.15, -0.1) is 0 Å². The van der Waals surface area contributed by atoms with Gasteiger partial charge >= 0.3 is 0 Å². The number of benzene rings is 1. The van der Waals surface area contributed by atoms with Crippen LogP contribution in [0.4, 0.5) is 5.69 Å². The van der Waals surface area contributed by atoms with Crippen LogP contribution in [0.25, 0.3) is 0 Å². The maximum atomic E-state index is 12.5. The first-order valence-electron chi connectivity index (χ1n) is 10.3. The second-order valence-corrected chi connectivity index (χ2v) is 7.97. The molecule has 2 aliphatic heterocycles. The predicted octanol–water partition coefficient (Wildman–Crippen LogP) is 3.22. The van der Waals surface area contributed by atoms with Crippen molar-refractivity contribution < 1.29 is 14.5 Å². The van der Waals surface area contributed by atoms with Gasteiger partial charge < -0.3 is 9.64 Å². The number of methoxy groups -OCH3 is 1. The molecular weight excluding hydrogens is 358 g/mol. The molecular formula is C21H31N3O4. The highest BCUT2D eigenvalue weighted by Gasteiger charge is 2.33. The van der Waals surface area contributed by atoms with Gasteiger partial charge in [-0.25, -0.2) is 0 Å². The van der Waals surface area contributed by atoms with E-state index in [9.17, 15) is 14.9 Å². The number of ether oxygens (including phenoxy) is 1. The SMILES string of the molecule is COCC(=O)N1CCCCC[C@@H]1C1CCN(Cc2ccc([N+](=O)[O-])cc2)CC1. The van der Waals surface area contributed by atoms with Gasteiger partial charge in [0, 0.05) is 38.4 Å². The number of nitro benzene ring substituents is 1. The summed E-state index contributed by atoms with van der Waals surface area (Å²) in [6, 6.07) is 7.19. The molecule has 1 atom stereocenters. The maximum Gasteiger partial charge on any atom is 0.269 e. The average Bonchev–Trinajstić information content (AvgIpc) is 2.95. The molecule has 2 aliphatic rings. The number of rotatable bonds is 6. The van der Waals surface area contributed by atoms with E-state index in [0.29, 0.717) is 12.0 Å². The summed E-state index contributed by atoms with van der Waals surface area (Å²) in [7, 11) is 1.58. The summed E-state index contributed by atoms with van der Waals surface area (Å²) in [6.45, 7) is 3.86. The Kier molecular flexibility index (Phi) is 7.39. The minimum Gasteiger partial charge on any atom is -0.375 e. The van der Waals surface area contributed by atoms with Crippen LogP contribution in [0.5, 0.6) is 0 Å². The monoisotopic (exact) mass is 389 g/mol. The number of carbonyl (C=O) groups is 1. The molecule has 2 saturated heterocycles. The normalized spacial score (nSPS) is 22.0. The van der Waals surface area contributed by atoms with Crippen LogP contribution < -0.4 is 0 Å². The Morgan fingerprint density at radius 3 is 2.46 bits per heavy atom. The van der Waals surface area contributed by atoms with Crippen LogP contribution >= 0.6 is 0 Å². The lowest BCUT2D eigenvalue weighted by molar-refractivity contribution is -0.384. The van der Waals surface area contributed by atoms with Crippen LogP contribution in [0.15, 0.2) is 24.3 Å². The topological polar surface area (TPSA) is 75.9 Å². The lowest BCUT2D eigenvalue weighted by Crippen LogP contribution is -2.48. The summed E-state index contributed by atoms with van der Waals surface area (Å²) in [5.41, 5.74) is 1.24. The molecule has 3 rings (SSSR count). The summed E-state index contributed by atoms with van der Waals surface area (Å²) in [4.78, 5) is 27.5. The van der Waals surface area contributed by atoms with Gasteiger partial charge in [0.05, 0.1) is 4.92 Å². The Hall–Kier alpha value is -1.99. The standard InChI is InChI=1S/C21H31N3O4/c1-28-16-21(25)23-12-4-2-3-5-20(23)18-10-13-22(14-11-18)15-17-6-8-19(9-7-17)24(26)27/h6-9,18,20H,2-5,10-16H2,1H3/t20-/m1/s1. The van der Waals surface area contributed by atoms with Crippen molar-refractivity contribution in [1.82, 2.24) is 9.80 Å². The molecule has 2 heterocycles. The quantitative estimate of drug-likeness (QED) is 0.551. The molecule has 0 aliphatic carbocycles. The number of hydrogen-bond acceptors (Lipinski definition) is 5. The first-order valence-corrected chi connectivity index (χ1v) is 10.3. The Balaban J connectivity index is 1.55. The summed E-state index contributed by atoms with van der Waals surface area (Å²) >= 11 is 0. The Morgan fingerprint density at radius 2 is 1.82 bits per heavy atom. The third-order valence-electron chi connectivity index (χ3n) is 6.12. The smallest absolute Gasteiger partial charge is 0.269 e. The van der Waals surface area contributed by atoms with Gasteiger partial charge in [0.1, 0.15) is 6.61 Å². The molecule has 1 aromatic rings. The highest BCUT2D eigenvalue weighted by atomic mass is 16.6. The highest BCUT2D eigenvalue weighted by Crippen LogP contribution is 2.30. The Bertz CT molecular complexity index is 656. The number of nitrogens with zero attached hydrogens (tertiary/aromatic N) is 3. The highest BCUT2D eigenvalue weighted by molar-refractivity contribution is 5.77. The zero-order chi connectivity index (χ0) is 19.9. The van der Waals surface area contributed by atoms with Gasteiger partial charge in [-0.3, -0.25) is 19.8 Å². The lowest BCUT2D eigenvalue weighted by atomic mass is 9.86. The van der Waals surface area contributed by atoms with E-state index in [1.165, 1.54) is 12.8 Å². The average molecular weight is 389 g/mol.